The molecule has 0 bridgehead atoms. The maximum Gasteiger partial charge on any atom is 0.336 e. The molecule has 0 fully saturated rings. The standard InChI is InChI=1S/C26H28N4O5/c1-4-6-15-20-27-22-23(24(31)28-29-25(22)34-3)30(20,35-5-2)16-18-13-10-14-19(21(18)26(32)33)17-11-8-7-9-12-17/h7-14H,4-6,15-16H2,1-3H3,(H-,28,31,32,33)/p+1. The number of methoxy groups -OCH3 is 1. The first-order valence-electron chi connectivity index (χ1n) is 11.6. The van der Waals surface area contributed by atoms with E-state index in [9.17, 15) is 14.7 Å². The molecule has 3 aromatic rings. The van der Waals surface area contributed by atoms with Crippen LogP contribution in [0.1, 0.15) is 49.0 Å². The quantitative estimate of drug-likeness (QED) is 0.404. The summed E-state index contributed by atoms with van der Waals surface area (Å²) < 4.78 is 5.04. The summed E-state index contributed by atoms with van der Waals surface area (Å²) in [5.74, 6) is -0.256. The molecule has 2 N–H and O–H groups in total. The fourth-order valence-corrected chi connectivity index (χ4v) is 4.56. The van der Waals surface area contributed by atoms with Gasteiger partial charge in [-0.1, -0.05) is 66.5 Å². The Balaban J connectivity index is 1.95. The molecule has 1 unspecified atom stereocenters. The van der Waals surface area contributed by atoms with E-state index in [0.717, 1.165) is 18.4 Å². The van der Waals surface area contributed by atoms with Crippen LogP contribution in [0.25, 0.3) is 11.1 Å². The van der Waals surface area contributed by atoms with Crippen LogP contribution in [0.5, 0.6) is 5.88 Å². The number of carboxylic acids is 1. The number of hydrogen-bond donors (Lipinski definition) is 2. The Bertz CT molecular complexity index is 1320. The van der Waals surface area contributed by atoms with Crippen LogP contribution in [0.4, 0.5) is 11.4 Å². The highest BCUT2D eigenvalue weighted by molar-refractivity contribution is 6.03. The van der Waals surface area contributed by atoms with E-state index in [4.69, 9.17) is 14.6 Å². The lowest BCUT2D eigenvalue weighted by atomic mass is 9.95. The zero-order chi connectivity index (χ0) is 25.0. The van der Waals surface area contributed by atoms with Crippen molar-refractivity contribution < 1.29 is 19.5 Å². The first-order valence-corrected chi connectivity index (χ1v) is 11.6. The van der Waals surface area contributed by atoms with Gasteiger partial charge in [-0.05, 0) is 24.5 Å². The number of aromatic amines is 1. The molecule has 0 saturated carbocycles. The highest BCUT2D eigenvalue weighted by Gasteiger charge is 2.51. The molecule has 0 aliphatic carbocycles. The number of hydrogen-bond acceptors (Lipinski definition) is 6. The van der Waals surface area contributed by atoms with Crippen molar-refractivity contribution in [1.82, 2.24) is 14.8 Å². The average molecular weight is 478 g/mol. The number of ether oxygens (including phenoxy) is 1. The van der Waals surface area contributed by atoms with E-state index < -0.39 is 11.5 Å². The van der Waals surface area contributed by atoms with Crippen molar-refractivity contribution in [2.24, 2.45) is 4.99 Å². The molecule has 9 nitrogen and oxygen atoms in total. The van der Waals surface area contributed by atoms with Crippen LogP contribution in [0.15, 0.2) is 58.3 Å². The molecule has 0 radical (unpaired) electrons. The molecular weight excluding hydrogens is 448 g/mol. The maximum absolute atomic E-state index is 13.1. The number of hydroxylamine groups is 2. The van der Waals surface area contributed by atoms with Gasteiger partial charge in [0.15, 0.2) is 0 Å². The second-order valence-electron chi connectivity index (χ2n) is 8.22. The summed E-state index contributed by atoms with van der Waals surface area (Å²) in [4.78, 5) is 36.7. The van der Waals surface area contributed by atoms with Crippen LogP contribution < -0.4 is 14.9 Å². The lowest BCUT2D eigenvalue weighted by Gasteiger charge is -2.31. The Morgan fingerprint density at radius 1 is 1.11 bits per heavy atom. The Labute approximate surface area is 203 Å². The number of amidine groups is 1. The van der Waals surface area contributed by atoms with E-state index in [0.29, 0.717) is 29.1 Å². The SMILES string of the molecule is CCCCC1=Nc2c(OC)n[nH]c(=O)c2[N+]1(Cc1cccc(-c2ccccc2)c1C(=O)O)OCC. The maximum atomic E-state index is 13.1. The molecule has 0 spiro atoms. The van der Waals surface area contributed by atoms with Crippen molar-refractivity contribution in [3.05, 3.63) is 70.0 Å². The van der Waals surface area contributed by atoms with Gasteiger partial charge in [0.1, 0.15) is 13.2 Å². The van der Waals surface area contributed by atoms with Crippen molar-refractivity contribution in [2.45, 2.75) is 39.7 Å². The van der Waals surface area contributed by atoms with E-state index in [1.54, 1.807) is 12.1 Å². The van der Waals surface area contributed by atoms with Crippen molar-refractivity contribution in [2.75, 3.05) is 13.7 Å². The fourth-order valence-electron chi connectivity index (χ4n) is 4.56. The summed E-state index contributed by atoms with van der Waals surface area (Å²) in [5, 5.41) is 16.7. The largest absolute Gasteiger partial charge is 0.478 e. The van der Waals surface area contributed by atoms with Crippen molar-refractivity contribution in [3.63, 3.8) is 0 Å². The number of aromatic carboxylic acids is 1. The van der Waals surface area contributed by atoms with Gasteiger partial charge >= 0.3 is 11.5 Å². The highest BCUT2D eigenvalue weighted by Crippen LogP contribution is 2.45. The number of aromatic nitrogens is 2. The van der Waals surface area contributed by atoms with Crippen molar-refractivity contribution in [3.8, 4) is 17.0 Å². The Hall–Kier alpha value is -3.82. The molecule has 182 valence electrons. The number of unbranched alkanes of at least 4 members (excludes halogenated alkanes) is 1. The van der Waals surface area contributed by atoms with Crippen LogP contribution in [-0.4, -0.2) is 40.8 Å². The monoisotopic (exact) mass is 477 g/mol. The van der Waals surface area contributed by atoms with E-state index in [1.807, 2.05) is 43.3 Å². The van der Waals surface area contributed by atoms with Crippen LogP contribution in [0.3, 0.4) is 0 Å². The van der Waals surface area contributed by atoms with Gasteiger partial charge in [0, 0.05) is 12.0 Å². The number of aliphatic imine (C=N–C) groups is 1. The molecular formula is C26H29N4O5+. The lowest BCUT2D eigenvalue weighted by Crippen LogP contribution is -2.54. The van der Waals surface area contributed by atoms with E-state index >= 15 is 0 Å². The molecule has 1 aromatic heterocycles. The number of carbonyl (C=O) groups is 1. The zero-order valence-electron chi connectivity index (χ0n) is 20.1. The smallest absolute Gasteiger partial charge is 0.336 e. The molecule has 2 aromatic carbocycles. The number of nitrogens with one attached hydrogen (secondary N) is 1. The molecule has 4 rings (SSSR count). The van der Waals surface area contributed by atoms with Gasteiger partial charge in [0.05, 0.1) is 12.7 Å². The summed E-state index contributed by atoms with van der Waals surface area (Å²) >= 11 is 0. The predicted octanol–water partition coefficient (Wildman–Crippen LogP) is 4.84. The molecule has 1 atom stereocenters. The number of rotatable bonds is 10. The van der Waals surface area contributed by atoms with Gasteiger partial charge in [0.2, 0.25) is 11.5 Å². The number of carboxylic acid groups (broad SMARTS) is 1. The van der Waals surface area contributed by atoms with Crippen LogP contribution in [-0.2, 0) is 11.4 Å². The first-order chi connectivity index (χ1) is 17.0. The van der Waals surface area contributed by atoms with E-state index in [1.165, 1.54) is 7.11 Å². The van der Waals surface area contributed by atoms with E-state index in [2.05, 4.69) is 17.1 Å². The minimum absolute atomic E-state index is 0.0714. The second kappa shape index (κ2) is 10.2. The summed E-state index contributed by atoms with van der Waals surface area (Å²) in [6.45, 7) is 4.25. The Morgan fingerprint density at radius 2 is 1.89 bits per heavy atom. The third-order valence-corrected chi connectivity index (χ3v) is 6.06. The normalized spacial score (nSPS) is 16.6. The minimum Gasteiger partial charge on any atom is -0.478 e. The summed E-state index contributed by atoms with van der Waals surface area (Å²) in [6.07, 6.45) is 2.30. The van der Waals surface area contributed by atoms with Gasteiger partial charge in [-0.2, -0.15) is 9.83 Å². The number of nitrogens with zero attached hydrogens (tertiary/aromatic N) is 3. The Morgan fingerprint density at radius 3 is 2.54 bits per heavy atom. The average Bonchev–Trinajstić information content (AvgIpc) is 3.17. The van der Waals surface area contributed by atoms with Gasteiger partial charge in [0.25, 0.3) is 11.6 Å². The summed E-state index contributed by atoms with van der Waals surface area (Å²) in [7, 11) is 1.46. The first kappa shape index (κ1) is 24.3. The Kier molecular flexibility index (Phi) is 7.09. The summed E-state index contributed by atoms with van der Waals surface area (Å²) in [6, 6.07) is 14.7. The minimum atomic E-state index is -1.05. The van der Waals surface area contributed by atoms with Crippen LogP contribution in [0.2, 0.25) is 0 Å². The second-order valence-corrected chi connectivity index (χ2v) is 8.22. The number of benzene rings is 2. The third kappa shape index (κ3) is 4.36. The molecule has 1 aliphatic heterocycles. The van der Waals surface area contributed by atoms with Gasteiger partial charge < -0.3 is 9.84 Å². The van der Waals surface area contributed by atoms with Gasteiger partial charge in [-0.3, -0.25) is 4.79 Å². The molecule has 0 saturated heterocycles. The van der Waals surface area contributed by atoms with E-state index in [-0.39, 0.29) is 34.9 Å². The van der Waals surface area contributed by atoms with Gasteiger partial charge in [-0.15, -0.1) is 5.10 Å². The molecule has 1 aliphatic rings. The highest BCUT2D eigenvalue weighted by atomic mass is 16.7. The predicted molar refractivity (Wildman–Crippen MR) is 134 cm³/mol. The van der Waals surface area contributed by atoms with Crippen LogP contribution in [0, 0.1) is 0 Å². The number of quaternary nitrogens is 1. The zero-order valence-corrected chi connectivity index (χ0v) is 20.1. The fraction of sp³-hybridized carbons (Fsp3) is 0.308. The molecule has 35 heavy (non-hydrogen) atoms. The summed E-state index contributed by atoms with van der Waals surface area (Å²) in [5.41, 5.74) is 2.17. The topological polar surface area (TPSA) is 114 Å². The van der Waals surface area contributed by atoms with Gasteiger partial charge in [-0.25, -0.2) is 9.89 Å². The third-order valence-electron chi connectivity index (χ3n) is 6.06. The van der Waals surface area contributed by atoms with Crippen molar-refractivity contribution in [1.29, 1.82) is 0 Å². The molecule has 2 heterocycles. The lowest BCUT2D eigenvalue weighted by molar-refractivity contribution is -0.0914. The molecule has 0 amide bonds. The number of fused-ring (bicyclic) bond motifs is 1. The van der Waals surface area contributed by atoms with Crippen molar-refractivity contribution >= 4 is 23.2 Å². The number of H-pyrrole nitrogens is 1. The van der Waals surface area contributed by atoms with Crippen LogP contribution >= 0.6 is 0 Å². The molecule has 9 heteroatoms.